The fraction of sp³-hybridized carbons (Fsp3) is 0.0870. The van der Waals surface area contributed by atoms with Crippen molar-refractivity contribution in [3.8, 4) is 0 Å². The van der Waals surface area contributed by atoms with Gasteiger partial charge in [0.2, 0.25) is 5.88 Å². The van der Waals surface area contributed by atoms with Crippen LogP contribution in [0, 0.1) is 17.0 Å². The van der Waals surface area contributed by atoms with E-state index in [0.29, 0.717) is 10.9 Å². The maximum atomic E-state index is 13.6. The summed E-state index contributed by atoms with van der Waals surface area (Å²) < 4.78 is 34.2. The van der Waals surface area contributed by atoms with Crippen molar-refractivity contribution in [2.45, 2.75) is 18.4 Å². The van der Waals surface area contributed by atoms with Gasteiger partial charge in [0.25, 0.3) is 15.7 Å². The van der Waals surface area contributed by atoms with Gasteiger partial charge in [-0.1, -0.05) is 42.5 Å². The van der Waals surface area contributed by atoms with Crippen molar-refractivity contribution in [1.82, 2.24) is 0 Å². The number of non-ortho nitro benzene ring substituents is 1. The van der Waals surface area contributed by atoms with E-state index in [1.807, 2.05) is 0 Å². The minimum absolute atomic E-state index is 0.0950. The Balaban J connectivity index is 1.92. The largest absolute Gasteiger partial charge is 0.439 e. The Morgan fingerprint density at radius 2 is 1.56 bits per heavy atom. The average molecular weight is 450 g/mol. The molecule has 0 atom stereocenters. The molecule has 0 amide bonds. The fourth-order valence-corrected chi connectivity index (χ4v) is 4.79. The first-order chi connectivity index (χ1) is 15.3. The van der Waals surface area contributed by atoms with Crippen molar-refractivity contribution in [3.63, 3.8) is 0 Å². The van der Waals surface area contributed by atoms with E-state index in [1.54, 1.807) is 54.6 Å². The van der Waals surface area contributed by atoms with Gasteiger partial charge in [0.05, 0.1) is 27.3 Å². The molecule has 0 saturated carbocycles. The summed E-state index contributed by atoms with van der Waals surface area (Å²) in [5, 5.41) is 11.3. The van der Waals surface area contributed by atoms with Gasteiger partial charge in [0.1, 0.15) is 5.58 Å². The maximum Gasteiger partial charge on any atom is 0.269 e. The summed E-state index contributed by atoms with van der Waals surface area (Å²) in [5.74, 6) is -0.101. The Kier molecular flexibility index (Phi) is 5.50. The maximum absolute atomic E-state index is 13.6. The van der Waals surface area contributed by atoms with Gasteiger partial charge in [0.15, 0.2) is 5.43 Å². The zero-order chi connectivity index (χ0) is 22.9. The Bertz CT molecular complexity index is 1460. The van der Waals surface area contributed by atoms with E-state index >= 15 is 0 Å². The third kappa shape index (κ3) is 3.85. The van der Waals surface area contributed by atoms with Crippen LogP contribution in [0.2, 0.25) is 0 Å². The molecule has 1 aromatic heterocycles. The van der Waals surface area contributed by atoms with Gasteiger partial charge in [-0.05, 0) is 36.8 Å². The van der Waals surface area contributed by atoms with Crippen LogP contribution in [0.3, 0.4) is 0 Å². The number of nitro groups is 1. The number of hydrogen-bond donors (Lipinski definition) is 0. The molecule has 0 radical (unpaired) electrons. The Labute approximate surface area is 183 Å². The van der Waals surface area contributed by atoms with Crippen molar-refractivity contribution >= 4 is 32.6 Å². The normalized spacial score (nSPS) is 11.4. The van der Waals surface area contributed by atoms with Crippen LogP contribution in [0.4, 0.5) is 11.6 Å². The molecule has 0 bridgehead atoms. The van der Waals surface area contributed by atoms with E-state index in [1.165, 1.54) is 19.1 Å². The SMILES string of the molecule is Cc1c(N(Cc2ccccc2)S(=O)(=O)c2ccc([N+](=O)[O-])cc2)oc2ccccc2c1=O. The van der Waals surface area contributed by atoms with Crippen LogP contribution in [-0.2, 0) is 16.6 Å². The van der Waals surface area contributed by atoms with E-state index in [4.69, 9.17) is 4.42 Å². The summed E-state index contributed by atoms with van der Waals surface area (Å²) in [5.41, 5.74) is 0.513. The second kappa shape index (κ2) is 8.27. The zero-order valence-corrected chi connectivity index (χ0v) is 17.8. The molecule has 0 aliphatic heterocycles. The van der Waals surface area contributed by atoms with Crippen molar-refractivity contribution in [2.24, 2.45) is 0 Å². The minimum Gasteiger partial charge on any atom is -0.439 e. The van der Waals surface area contributed by atoms with Crippen molar-refractivity contribution in [3.05, 3.63) is 110 Å². The fourth-order valence-electron chi connectivity index (χ4n) is 3.34. The predicted octanol–water partition coefficient (Wildman–Crippen LogP) is 4.41. The number of sulfonamides is 1. The second-order valence-corrected chi connectivity index (χ2v) is 8.97. The van der Waals surface area contributed by atoms with Crippen LogP contribution in [0.5, 0.6) is 0 Å². The zero-order valence-electron chi connectivity index (χ0n) is 17.0. The summed E-state index contributed by atoms with van der Waals surface area (Å²) in [7, 11) is -4.22. The molecule has 9 heteroatoms. The molecule has 0 aliphatic rings. The second-order valence-electron chi connectivity index (χ2n) is 7.11. The highest BCUT2D eigenvalue weighted by molar-refractivity contribution is 7.92. The third-order valence-corrected chi connectivity index (χ3v) is 6.77. The molecule has 0 fully saturated rings. The first-order valence-electron chi connectivity index (χ1n) is 9.62. The molecule has 4 rings (SSSR count). The molecule has 32 heavy (non-hydrogen) atoms. The summed E-state index contributed by atoms with van der Waals surface area (Å²) in [6.07, 6.45) is 0. The van der Waals surface area contributed by atoms with Gasteiger partial charge in [-0.3, -0.25) is 14.9 Å². The van der Waals surface area contributed by atoms with Crippen LogP contribution in [-0.4, -0.2) is 13.3 Å². The van der Waals surface area contributed by atoms with E-state index in [2.05, 4.69) is 0 Å². The lowest BCUT2D eigenvalue weighted by atomic mass is 10.1. The van der Waals surface area contributed by atoms with Gasteiger partial charge < -0.3 is 4.42 Å². The lowest BCUT2D eigenvalue weighted by molar-refractivity contribution is -0.384. The number of anilines is 1. The quantitative estimate of drug-likeness (QED) is 0.318. The number of nitro benzene ring substituents is 1. The molecule has 8 nitrogen and oxygen atoms in total. The molecule has 162 valence electrons. The summed E-state index contributed by atoms with van der Waals surface area (Å²) in [6.45, 7) is 1.42. The summed E-state index contributed by atoms with van der Waals surface area (Å²) >= 11 is 0. The highest BCUT2D eigenvalue weighted by Crippen LogP contribution is 2.30. The summed E-state index contributed by atoms with van der Waals surface area (Å²) in [6, 6.07) is 20.0. The lowest BCUT2D eigenvalue weighted by Gasteiger charge is -2.24. The monoisotopic (exact) mass is 450 g/mol. The molecule has 0 N–H and O–H groups in total. The highest BCUT2D eigenvalue weighted by Gasteiger charge is 2.30. The van der Waals surface area contributed by atoms with Crippen LogP contribution < -0.4 is 9.73 Å². The van der Waals surface area contributed by atoms with Gasteiger partial charge in [0, 0.05) is 12.1 Å². The smallest absolute Gasteiger partial charge is 0.269 e. The molecule has 0 saturated heterocycles. The first-order valence-corrected chi connectivity index (χ1v) is 11.1. The van der Waals surface area contributed by atoms with E-state index < -0.39 is 14.9 Å². The standard InChI is InChI=1S/C23H18N2O6S/c1-16-22(26)20-9-5-6-10-21(20)31-23(16)24(15-17-7-3-2-4-8-17)32(29,30)19-13-11-18(12-14-19)25(27)28/h2-14H,15H2,1H3. The van der Waals surface area contributed by atoms with Crippen LogP contribution in [0.1, 0.15) is 11.1 Å². The topological polar surface area (TPSA) is 111 Å². The molecule has 3 aromatic carbocycles. The van der Waals surface area contributed by atoms with Gasteiger partial charge >= 0.3 is 0 Å². The predicted molar refractivity (Wildman–Crippen MR) is 120 cm³/mol. The number of fused-ring (bicyclic) bond motifs is 1. The van der Waals surface area contributed by atoms with Crippen molar-refractivity contribution in [1.29, 1.82) is 0 Å². The molecule has 1 heterocycles. The van der Waals surface area contributed by atoms with Crippen LogP contribution in [0.25, 0.3) is 11.0 Å². The molecular formula is C23H18N2O6S. The van der Waals surface area contributed by atoms with Gasteiger partial charge in [-0.25, -0.2) is 12.7 Å². The molecule has 0 spiro atoms. The molecule has 0 aliphatic carbocycles. The molecular weight excluding hydrogens is 432 g/mol. The van der Waals surface area contributed by atoms with Gasteiger partial charge in [-0.2, -0.15) is 0 Å². The Morgan fingerprint density at radius 3 is 2.22 bits per heavy atom. The minimum atomic E-state index is -4.22. The Morgan fingerprint density at radius 1 is 0.938 bits per heavy atom. The number of rotatable bonds is 6. The third-order valence-electron chi connectivity index (χ3n) is 5.03. The van der Waals surface area contributed by atoms with E-state index in [9.17, 15) is 23.3 Å². The highest BCUT2D eigenvalue weighted by atomic mass is 32.2. The number of hydrogen-bond acceptors (Lipinski definition) is 6. The average Bonchev–Trinajstić information content (AvgIpc) is 2.80. The lowest BCUT2D eigenvalue weighted by Crippen LogP contribution is -2.32. The number of nitrogens with zero attached hydrogens (tertiary/aromatic N) is 2. The van der Waals surface area contributed by atoms with Gasteiger partial charge in [-0.15, -0.1) is 0 Å². The first kappa shape index (κ1) is 21.3. The van der Waals surface area contributed by atoms with Crippen LogP contribution >= 0.6 is 0 Å². The van der Waals surface area contributed by atoms with E-state index in [0.717, 1.165) is 16.4 Å². The van der Waals surface area contributed by atoms with Crippen molar-refractivity contribution in [2.75, 3.05) is 4.31 Å². The van der Waals surface area contributed by atoms with Crippen molar-refractivity contribution < 1.29 is 17.8 Å². The number of benzene rings is 3. The summed E-state index contributed by atoms with van der Waals surface area (Å²) in [4.78, 5) is 23.1. The molecule has 0 unspecified atom stereocenters. The molecule has 4 aromatic rings. The number of para-hydroxylation sites is 1. The Hall–Kier alpha value is -3.98. The van der Waals surface area contributed by atoms with E-state index in [-0.39, 0.29) is 39.6 Å². The van der Waals surface area contributed by atoms with Crippen LogP contribution in [0.15, 0.2) is 93.0 Å².